The molecular weight excluding hydrogens is 522 g/mol. The Morgan fingerprint density at radius 1 is 1.08 bits per heavy atom. The molecule has 3 aliphatic rings. The van der Waals surface area contributed by atoms with E-state index in [0.29, 0.717) is 72.5 Å². The van der Waals surface area contributed by atoms with Crippen LogP contribution in [0.3, 0.4) is 0 Å². The molecule has 0 saturated carbocycles. The standard InChI is InChI=1S/C28H35N3O7S/c1-6-20-23(27(34)37-5)24(19-9-8-10-21(35-3)25(19)36-4)31-18(16-39-28(31)29-20)15-22(32)30-13-11-17(12-14-30)26(33)38-7-2/h8-10,16-17,24H,6-7,11-15H2,1-5H3. The average Bonchev–Trinajstić information content (AvgIpc) is 3.37. The van der Waals surface area contributed by atoms with E-state index in [1.807, 2.05) is 29.4 Å². The summed E-state index contributed by atoms with van der Waals surface area (Å²) in [7, 11) is 4.46. The van der Waals surface area contributed by atoms with Crippen LogP contribution in [-0.2, 0) is 23.9 Å². The SMILES string of the molecule is CCOC(=O)C1CCN(C(=O)CC2=CSC3=NC(CC)=C(C(=O)OC)C(c4cccc(OC)c4OC)N23)CC1. The predicted molar refractivity (Wildman–Crippen MR) is 147 cm³/mol. The normalized spacial score (nSPS) is 19.3. The number of nitrogens with zero attached hydrogens (tertiary/aromatic N) is 3. The molecule has 10 nitrogen and oxygen atoms in total. The molecule has 1 unspecified atom stereocenters. The van der Waals surface area contributed by atoms with Crippen LogP contribution in [-0.4, -0.2) is 73.8 Å². The van der Waals surface area contributed by atoms with Gasteiger partial charge in [-0.2, -0.15) is 0 Å². The Bertz CT molecular complexity index is 1220. The van der Waals surface area contributed by atoms with E-state index in [2.05, 4.69) is 0 Å². The van der Waals surface area contributed by atoms with Gasteiger partial charge >= 0.3 is 11.9 Å². The van der Waals surface area contributed by atoms with Crippen LogP contribution in [0.1, 0.15) is 51.1 Å². The van der Waals surface area contributed by atoms with Gasteiger partial charge in [-0.05, 0) is 37.7 Å². The van der Waals surface area contributed by atoms with Gasteiger partial charge in [-0.1, -0.05) is 30.8 Å². The molecule has 39 heavy (non-hydrogen) atoms. The summed E-state index contributed by atoms with van der Waals surface area (Å²) in [4.78, 5) is 47.2. The van der Waals surface area contributed by atoms with Crippen molar-refractivity contribution in [2.45, 2.75) is 45.6 Å². The molecule has 3 aliphatic heterocycles. The Morgan fingerprint density at radius 2 is 1.82 bits per heavy atom. The zero-order valence-electron chi connectivity index (χ0n) is 23.0. The number of allylic oxidation sites excluding steroid dienone is 1. The second kappa shape index (κ2) is 12.6. The number of rotatable bonds is 9. The zero-order valence-corrected chi connectivity index (χ0v) is 23.8. The Kier molecular flexibility index (Phi) is 9.21. The maximum Gasteiger partial charge on any atom is 0.338 e. The summed E-state index contributed by atoms with van der Waals surface area (Å²) in [6.45, 7) is 5.06. The van der Waals surface area contributed by atoms with Crippen LogP contribution < -0.4 is 9.47 Å². The monoisotopic (exact) mass is 557 g/mol. The minimum atomic E-state index is -0.631. The number of para-hydroxylation sites is 1. The Balaban J connectivity index is 1.65. The van der Waals surface area contributed by atoms with E-state index in [9.17, 15) is 14.4 Å². The van der Waals surface area contributed by atoms with Gasteiger partial charge in [0.2, 0.25) is 5.91 Å². The number of fused-ring (bicyclic) bond motifs is 1. The number of likely N-dealkylation sites (tertiary alicyclic amines) is 1. The second-order valence-corrected chi connectivity index (χ2v) is 10.1. The van der Waals surface area contributed by atoms with Gasteiger partial charge in [0, 0.05) is 24.4 Å². The average molecular weight is 558 g/mol. The summed E-state index contributed by atoms with van der Waals surface area (Å²) in [5.41, 5.74) is 2.44. The summed E-state index contributed by atoms with van der Waals surface area (Å²) < 4.78 is 21.7. The minimum Gasteiger partial charge on any atom is -0.493 e. The molecule has 0 bridgehead atoms. The van der Waals surface area contributed by atoms with E-state index in [4.69, 9.17) is 23.9 Å². The van der Waals surface area contributed by atoms with Crippen molar-refractivity contribution >= 4 is 34.8 Å². The van der Waals surface area contributed by atoms with Gasteiger partial charge in [0.25, 0.3) is 0 Å². The number of carbonyl (C=O) groups excluding carboxylic acids is 3. The second-order valence-electron chi connectivity index (χ2n) is 9.27. The molecule has 3 heterocycles. The largest absolute Gasteiger partial charge is 0.493 e. The summed E-state index contributed by atoms with van der Waals surface area (Å²) >= 11 is 1.42. The number of thioether (sulfide) groups is 1. The Labute approximate surface area is 233 Å². The first-order valence-electron chi connectivity index (χ1n) is 13.1. The zero-order chi connectivity index (χ0) is 28.1. The number of ether oxygens (including phenoxy) is 4. The highest BCUT2D eigenvalue weighted by atomic mass is 32.2. The molecule has 0 spiro atoms. The van der Waals surface area contributed by atoms with Gasteiger partial charge in [-0.3, -0.25) is 9.59 Å². The van der Waals surface area contributed by atoms with E-state index in [1.54, 1.807) is 32.1 Å². The molecule has 1 atom stereocenters. The fourth-order valence-corrected chi connectivity index (χ4v) is 6.16. The number of aliphatic imine (C=N–C) groups is 1. The van der Waals surface area contributed by atoms with Gasteiger partial charge < -0.3 is 28.7 Å². The number of methoxy groups -OCH3 is 3. The number of piperidine rings is 1. The van der Waals surface area contributed by atoms with Crippen molar-refractivity contribution in [1.29, 1.82) is 0 Å². The van der Waals surface area contributed by atoms with E-state index < -0.39 is 12.0 Å². The first kappa shape index (κ1) is 28.5. The molecule has 1 aromatic carbocycles. The van der Waals surface area contributed by atoms with E-state index in [0.717, 1.165) is 5.70 Å². The number of esters is 2. The highest BCUT2D eigenvalue weighted by Crippen LogP contribution is 2.49. The first-order chi connectivity index (χ1) is 18.9. The van der Waals surface area contributed by atoms with E-state index >= 15 is 0 Å². The minimum absolute atomic E-state index is 0.0494. The number of hydrogen-bond acceptors (Lipinski definition) is 10. The van der Waals surface area contributed by atoms with Gasteiger partial charge in [0.05, 0.1) is 57.6 Å². The molecule has 1 amide bonds. The maximum atomic E-state index is 13.4. The van der Waals surface area contributed by atoms with Crippen molar-refractivity contribution < 1.29 is 33.3 Å². The summed E-state index contributed by atoms with van der Waals surface area (Å²) in [5, 5.41) is 2.59. The molecule has 11 heteroatoms. The van der Waals surface area contributed by atoms with Gasteiger partial charge in [0.15, 0.2) is 16.7 Å². The molecule has 210 valence electrons. The lowest BCUT2D eigenvalue weighted by Crippen LogP contribution is -2.42. The molecule has 1 aromatic rings. The predicted octanol–water partition coefficient (Wildman–Crippen LogP) is 4.03. The number of carbonyl (C=O) groups is 3. The van der Waals surface area contributed by atoms with Crippen molar-refractivity contribution in [3.8, 4) is 11.5 Å². The lowest BCUT2D eigenvalue weighted by molar-refractivity contribution is -0.151. The van der Waals surface area contributed by atoms with Crippen molar-refractivity contribution in [3.05, 3.63) is 46.1 Å². The highest BCUT2D eigenvalue weighted by molar-refractivity contribution is 8.16. The van der Waals surface area contributed by atoms with Crippen LogP contribution in [0.15, 0.2) is 45.6 Å². The lowest BCUT2D eigenvalue weighted by Gasteiger charge is -2.38. The van der Waals surface area contributed by atoms with Crippen molar-refractivity contribution in [2.24, 2.45) is 10.9 Å². The Morgan fingerprint density at radius 3 is 2.44 bits per heavy atom. The Hall–Kier alpha value is -3.47. The molecule has 0 N–H and O–H groups in total. The fraction of sp³-hybridized carbons (Fsp3) is 0.500. The molecule has 1 fully saturated rings. The molecule has 0 aliphatic carbocycles. The van der Waals surface area contributed by atoms with Crippen LogP contribution in [0.25, 0.3) is 0 Å². The van der Waals surface area contributed by atoms with Gasteiger partial charge in [0.1, 0.15) is 0 Å². The lowest BCUT2D eigenvalue weighted by atomic mass is 9.91. The molecule has 0 aromatic heterocycles. The number of hydrogen-bond donors (Lipinski definition) is 0. The summed E-state index contributed by atoms with van der Waals surface area (Å²) in [5.74, 6) is 0.101. The fourth-order valence-electron chi connectivity index (χ4n) is 5.23. The molecular formula is C28H35N3O7S. The van der Waals surface area contributed by atoms with Crippen molar-refractivity contribution in [1.82, 2.24) is 9.80 Å². The first-order valence-corrected chi connectivity index (χ1v) is 14.0. The van der Waals surface area contributed by atoms with Crippen LogP contribution in [0, 0.1) is 5.92 Å². The number of amides is 1. The maximum absolute atomic E-state index is 13.4. The van der Waals surface area contributed by atoms with Gasteiger partial charge in [-0.15, -0.1) is 0 Å². The summed E-state index contributed by atoms with van der Waals surface area (Å²) in [6.07, 6.45) is 1.80. The van der Waals surface area contributed by atoms with Crippen LogP contribution >= 0.6 is 11.8 Å². The van der Waals surface area contributed by atoms with E-state index in [-0.39, 0.29) is 24.2 Å². The smallest absolute Gasteiger partial charge is 0.338 e. The third-order valence-corrected chi connectivity index (χ3v) is 8.05. The van der Waals surface area contributed by atoms with Gasteiger partial charge in [-0.25, -0.2) is 9.79 Å². The quantitative estimate of drug-likeness (QED) is 0.416. The number of amidine groups is 1. The third-order valence-electron chi connectivity index (χ3n) is 7.16. The molecule has 0 radical (unpaired) electrons. The highest BCUT2D eigenvalue weighted by Gasteiger charge is 2.43. The molecule has 4 rings (SSSR count). The number of benzene rings is 1. The topological polar surface area (TPSA) is 107 Å². The van der Waals surface area contributed by atoms with Crippen LogP contribution in [0.2, 0.25) is 0 Å². The molecule has 1 saturated heterocycles. The van der Waals surface area contributed by atoms with Crippen LogP contribution in [0.4, 0.5) is 0 Å². The van der Waals surface area contributed by atoms with E-state index in [1.165, 1.54) is 18.9 Å². The summed E-state index contributed by atoms with van der Waals surface area (Å²) in [6, 6.07) is 4.89. The van der Waals surface area contributed by atoms with Crippen LogP contribution in [0.5, 0.6) is 11.5 Å². The van der Waals surface area contributed by atoms with Crippen molar-refractivity contribution in [3.63, 3.8) is 0 Å². The third kappa shape index (κ3) is 5.63. The van der Waals surface area contributed by atoms with Crippen molar-refractivity contribution in [2.75, 3.05) is 41.0 Å².